The summed E-state index contributed by atoms with van der Waals surface area (Å²) in [6, 6.07) is 5.08. The third-order valence-corrected chi connectivity index (χ3v) is 5.67. The lowest BCUT2D eigenvalue weighted by molar-refractivity contribution is -0.142. The van der Waals surface area contributed by atoms with Crippen molar-refractivity contribution in [1.29, 1.82) is 0 Å². The smallest absolute Gasteiger partial charge is 0.243 e. The summed E-state index contributed by atoms with van der Waals surface area (Å²) < 4.78 is 15.7. The summed E-state index contributed by atoms with van der Waals surface area (Å²) in [7, 11) is 4.74. The van der Waals surface area contributed by atoms with Crippen molar-refractivity contribution in [2.75, 3.05) is 40.2 Å². The molecular weight excluding hydrogens is 368 g/mol. The van der Waals surface area contributed by atoms with Crippen molar-refractivity contribution in [3.05, 3.63) is 23.8 Å². The fraction of sp³-hybridized carbons (Fsp3) is 0.579. The van der Waals surface area contributed by atoms with Gasteiger partial charge in [0.15, 0.2) is 11.5 Å². The largest absolute Gasteiger partial charge is 0.493 e. The van der Waals surface area contributed by atoms with E-state index in [0.29, 0.717) is 30.4 Å². The van der Waals surface area contributed by atoms with Crippen LogP contribution in [0.1, 0.15) is 24.8 Å². The van der Waals surface area contributed by atoms with Gasteiger partial charge in [-0.2, -0.15) is 0 Å². The molecule has 1 aromatic carbocycles. The average Bonchev–Trinajstić information content (AvgIpc) is 3.11. The van der Waals surface area contributed by atoms with Crippen LogP contribution in [-0.4, -0.2) is 63.0 Å². The van der Waals surface area contributed by atoms with Gasteiger partial charge in [0.1, 0.15) is 11.4 Å². The van der Waals surface area contributed by atoms with E-state index in [1.165, 1.54) is 0 Å². The fourth-order valence-corrected chi connectivity index (χ4v) is 4.36. The molecule has 1 N–H and O–H groups in total. The number of nitrogens with zero attached hydrogens (tertiary/aromatic N) is 1. The van der Waals surface area contributed by atoms with E-state index >= 15 is 0 Å². The van der Waals surface area contributed by atoms with Crippen molar-refractivity contribution >= 4 is 23.6 Å². The molecule has 0 aliphatic carbocycles. The van der Waals surface area contributed by atoms with Crippen LogP contribution in [-0.2, 0) is 14.3 Å². The van der Waals surface area contributed by atoms with E-state index in [4.69, 9.17) is 14.2 Å². The highest BCUT2D eigenvalue weighted by atomic mass is 32.2. The van der Waals surface area contributed by atoms with E-state index in [1.807, 2.05) is 32.0 Å². The lowest BCUT2D eigenvalue weighted by atomic mass is 10.1. The van der Waals surface area contributed by atoms with Crippen molar-refractivity contribution in [3.63, 3.8) is 0 Å². The van der Waals surface area contributed by atoms with Crippen LogP contribution >= 0.6 is 11.8 Å². The van der Waals surface area contributed by atoms with Gasteiger partial charge in [-0.3, -0.25) is 9.59 Å². The first kappa shape index (κ1) is 21.4. The molecule has 2 unspecified atom stereocenters. The number of hydrogen-bond donors (Lipinski definition) is 1. The number of methoxy groups -OCH3 is 3. The summed E-state index contributed by atoms with van der Waals surface area (Å²) in [6.07, 6.45) is 0. The third kappa shape index (κ3) is 4.87. The van der Waals surface area contributed by atoms with Crippen LogP contribution in [0, 0.1) is 5.92 Å². The summed E-state index contributed by atoms with van der Waals surface area (Å²) in [4.78, 5) is 27.2. The number of rotatable bonds is 8. The SMILES string of the molecule is COCCNC(=O)C1CSC(c2ccc(OC)c(OC)c2)N1C(=O)C(C)C. The monoisotopic (exact) mass is 396 g/mol. The van der Waals surface area contributed by atoms with Gasteiger partial charge >= 0.3 is 0 Å². The molecule has 1 fully saturated rings. The van der Waals surface area contributed by atoms with Gasteiger partial charge in [-0.1, -0.05) is 19.9 Å². The number of nitrogens with one attached hydrogen (secondary N) is 1. The van der Waals surface area contributed by atoms with Crippen LogP contribution in [0.5, 0.6) is 11.5 Å². The summed E-state index contributed by atoms with van der Waals surface area (Å²) in [5, 5.41) is 2.59. The molecule has 2 rings (SSSR count). The van der Waals surface area contributed by atoms with Gasteiger partial charge in [0, 0.05) is 25.3 Å². The Balaban J connectivity index is 2.30. The molecule has 0 radical (unpaired) electrons. The highest BCUT2D eigenvalue weighted by Crippen LogP contribution is 2.44. The first-order valence-electron chi connectivity index (χ1n) is 8.86. The Bertz CT molecular complexity index is 668. The number of hydrogen-bond acceptors (Lipinski definition) is 6. The highest BCUT2D eigenvalue weighted by molar-refractivity contribution is 7.99. The topological polar surface area (TPSA) is 77.1 Å². The molecule has 2 amide bonds. The second-order valence-corrected chi connectivity index (χ2v) is 7.61. The minimum Gasteiger partial charge on any atom is -0.493 e. The zero-order valence-corrected chi connectivity index (χ0v) is 17.3. The van der Waals surface area contributed by atoms with Gasteiger partial charge in [-0.05, 0) is 17.7 Å². The lowest BCUT2D eigenvalue weighted by Gasteiger charge is -2.30. The molecule has 27 heavy (non-hydrogen) atoms. The van der Waals surface area contributed by atoms with Crippen LogP contribution in [0.25, 0.3) is 0 Å². The van der Waals surface area contributed by atoms with Crippen molar-refractivity contribution in [2.45, 2.75) is 25.3 Å². The Morgan fingerprint density at radius 1 is 1.22 bits per heavy atom. The Labute approximate surface area is 164 Å². The van der Waals surface area contributed by atoms with Gasteiger partial charge in [0.2, 0.25) is 11.8 Å². The maximum atomic E-state index is 12.9. The predicted molar refractivity (Wildman–Crippen MR) is 105 cm³/mol. The van der Waals surface area contributed by atoms with Crippen molar-refractivity contribution in [1.82, 2.24) is 10.2 Å². The Kier molecular flexibility index (Phi) is 7.79. The van der Waals surface area contributed by atoms with Gasteiger partial charge in [-0.15, -0.1) is 11.8 Å². The Morgan fingerprint density at radius 2 is 1.93 bits per heavy atom. The molecule has 1 aromatic rings. The number of amides is 2. The molecule has 1 saturated heterocycles. The molecular formula is C19H28N2O5S. The maximum Gasteiger partial charge on any atom is 0.243 e. The molecule has 0 bridgehead atoms. The average molecular weight is 397 g/mol. The Morgan fingerprint density at radius 3 is 2.52 bits per heavy atom. The molecule has 8 heteroatoms. The number of carbonyl (C=O) groups excluding carboxylic acids is 2. The zero-order valence-electron chi connectivity index (χ0n) is 16.5. The molecule has 0 aromatic heterocycles. The number of benzene rings is 1. The van der Waals surface area contributed by atoms with E-state index in [1.54, 1.807) is 38.0 Å². The third-order valence-electron chi connectivity index (χ3n) is 4.35. The number of carbonyl (C=O) groups is 2. The number of thioether (sulfide) groups is 1. The summed E-state index contributed by atoms with van der Waals surface area (Å²) in [5.74, 6) is 1.35. The molecule has 0 spiro atoms. The van der Waals surface area contributed by atoms with Crippen molar-refractivity contribution in [2.24, 2.45) is 5.92 Å². The van der Waals surface area contributed by atoms with Crippen LogP contribution in [0.3, 0.4) is 0 Å². The standard InChI is InChI=1S/C19H28N2O5S/c1-12(2)18(23)21-14(17(22)20-8-9-24-3)11-27-19(21)13-6-7-15(25-4)16(10-13)26-5/h6-7,10,12,14,19H,8-9,11H2,1-5H3,(H,20,22). The first-order valence-corrected chi connectivity index (χ1v) is 9.91. The van der Waals surface area contributed by atoms with Crippen LogP contribution in [0.2, 0.25) is 0 Å². The minimum absolute atomic E-state index is 0.0494. The molecule has 1 aliphatic rings. The van der Waals surface area contributed by atoms with Crippen LogP contribution in [0.15, 0.2) is 18.2 Å². The second kappa shape index (κ2) is 9.85. The minimum atomic E-state index is -0.514. The zero-order chi connectivity index (χ0) is 20.0. The molecule has 1 heterocycles. The van der Waals surface area contributed by atoms with Gasteiger partial charge in [0.05, 0.1) is 20.8 Å². The first-order chi connectivity index (χ1) is 12.9. The van der Waals surface area contributed by atoms with E-state index in [-0.39, 0.29) is 23.1 Å². The predicted octanol–water partition coefficient (Wildman–Crippen LogP) is 2.06. The van der Waals surface area contributed by atoms with Gasteiger partial charge < -0.3 is 24.4 Å². The normalized spacial score (nSPS) is 19.3. The molecule has 7 nitrogen and oxygen atoms in total. The summed E-state index contributed by atoms with van der Waals surface area (Å²) in [5.41, 5.74) is 0.902. The molecule has 150 valence electrons. The fourth-order valence-electron chi connectivity index (χ4n) is 2.93. The van der Waals surface area contributed by atoms with Crippen molar-refractivity contribution in [3.8, 4) is 11.5 Å². The molecule has 1 aliphatic heterocycles. The lowest BCUT2D eigenvalue weighted by Crippen LogP contribution is -2.49. The number of ether oxygens (including phenoxy) is 3. The molecule has 2 atom stereocenters. The maximum absolute atomic E-state index is 12.9. The van der Waals surface area contributed by atoms with E-state index in [0.717, 1.165) is 5.56 Å². The second-order valence-electron chi connectivity index (χ2n) is 6.50. The van der Waals surface area contributed by atoms with E-state index < -0.39 is 6.04 Å². The highest BCUT2D eigenvalue weighted by Gasteiger charge is 2.42. The summed E-state index contributed by atoms with van der Waals surface area (Å²) in [6.45, 7) is 4.54. The Hall–Kier alpha value is -1.93. The van der Waals surface area contributed by atoms with Crippen molar-refractivity contribution < 1.29 is 23.8 Å². The molecule has 0 saturated carbocycles. The van der Waals surface area contributed by atoms with Gasteiger partial charge in [0.25, 0.3) is 0 Å². The quantitative estimate of drug-likeness (QED) is 0.678. The van der Waals surface area contributed by atoms with Gasteiger partial charge in [-0.25, -0.2) is 0 Å². The van der Waals surface area contributed by atoms with E-state index in [9.17, 15) is 9.59 Å². The van der Waals surface area contributed by atoms with Crippen LogP contribution in [0.4, 0.5) is 0 Å². The summed E-state index contributed by atoms with van der Waals surface area (Å²) >= 11 is 1.57. The van der Waals surface area contributed by atoms with E-state index in [2.05, 4.69) is 5.32 Å². The van der Waals surface area contributed by atoms with Crippen LogP contribution < -0.4 is 14.8 Å².